The first-order chi connectivity index (χ1) is 8.63. The van der Waals surface area contributed by atoms with Crippen molar-refractivity contribution in [3.63, 3.8) is 0 Å². The molecule has 0 fully saturated rings. The van der Waals surface area contributed by atoms with Gasteiger partial charge in [0.05, 0.1) is 16.4 Å². The molecule has 2 heterocycles. The molecule has 2 N–H and O–H groups in total. The van der Waals surface area contributed by atoms with Crippen LogP contribution in [0.25, 0.3) is 0 Å². The van der Waals surface area contributed by atoms with Crippen molar-refractivity contribution in [1.29, 1.82) is 0 Å². The molecule has 5 heteroatoms. The third-order valence-electron chi connectivity index (χ3n) is 3.05. The van der Waals surface area contributed by atoms with Crippen molar-refractivity contribution in [3.8, 4) is 0 Å². The maximum atomic E-state index is 6.31. The minimum Gasteiger partial charge on any atom is -0.324 e. The smallest absolute Gasteiger partial charge is 0.0850 e. The van der Waals surface area contributed by atoms with E-state index < -0.39 is 0 Å². The number of hydrogen-bond donors (Lipinski definition) is 1. The highest BCUT2D eigenvalue weighted by Gasteiger charge is 2.16. The van der Waals surface area contributed by atoms with Crippen molar-refractivity contribution in [3.05, 3.63) is 46.5 Å². The van der Waals surface area contributed by atoms with E-state index in [1.807, 2.05) is 30.8 Å². The summed E-state index contributed by atoms with van der Waals surface area (Å²) in [6.07, 6.45) is 5.00. The van der Waals surface area contributed by atoms with Crippen molar-refractivity contribution >= 4 is 11.6 Å². The lowest BCUT2D eigenvalue weighted by Gasteiger charge is -2.12. The van der Waals surface area contributed by atoms with E-state index in [0.29, 0.717) is 6.42 Å². The predicted octanol–water partition coefficient (Wildman–Crippen LogP) is 2.27. The number of aromatic nitrogens is 3. The number of nitrogens with zero attached hydrogens (tertiary/aromatic N) is 3. The molecule has 18 heavy (non-hydrogen) atoms. The molecule has 0 radical (unpaired) electrons. The van der Waals surface area contributed by atoms with E-state index in [2.05, 4.69) is 10.1 Å². The maximum absolute atomic E-state index is 6.31. The standard InChI is InChI=1S/C13H17ClN4/c1-3-11-13(14)12(18(2)17-11)8-10(15)9-4-6-16-7-5-9/h4-7,10H,3,8,15H2,1-2H3. The van der Waals surface area contributed by atoms with Crippen LogP contribution in [-0.2, 0) is 19.9 Å². The van der Waals surface area contributed by atoms with E-state index in [9.17, 15) is 0 Å². The monoisotopic (exact) mass is 264 g/mol. The quantitative estimate of drug-likeness (QED) is 0.922. The van der Waals surface area contributed by atoms with Crippen LogP contribution in [-0.4, -0.2) is 14.8 Å². The zero-order valence-corrected chi connectivity index (χ0v) is 11.4. The van der Waals surface area contributed by atoms with E-state index in [4.69, 9.17) is 17.3 Å². The molecule has 0 saturated carbocycles. The molecule has 1 atom stereocenters. The summed E-state index contributed by atoms with van der Waals surface area (Å²) in [5.74, 6) is 0. The summed E-state index contributed by atoms with van der Waals surface area (Å²) in [5.41, 5.74) is 9.15. The molecule has 2 rings (SSSR count). The van der Waals surface area contributed by atoms with Gasteiger partial charge in [-0.2, -0.15) is 5.10 Å². The number of halogens is 1. The number of nitrogens with two attached hydrogens (primary N) is 1. The van der Waals surface area contributed by atoms with Gasteiger partial charge in [-0.05, 0) is 24.1 Å². The highest BCUT2D eigenvalue weighted by atomic mass is 35.5. The zero-order chi connectivity index (χ0) is 13.1. The van der Waals surface area contributed by atoms with Gasteiger partial charge >= 0.3 is 0 Å². The predicted molar refractivity (Wildman–Crippen MR) is 72.5 cm³/mol. The maximum Gasteiger partial charge on any atom is 0.0850 e. The second kappa shape index (κ2) is 5.50. The normalized spacial score (nSPS) is 12.7. The van der Waals surface area contributed by atoms with Gasteiger partial charge in [0.25, 0.3) is 0 Å². The van der Waals surface area contributed by atoms with E-state index >= 15 is 0 Å². The summed E-state index contributed by atoms with van der Waals surface area (Å²) in [7, 11) is 1.90. The zero-order valence-electron chi connectivity index (χ0n) is 10.6. The first-order valence-corrected chi connectivity index (χ1v) is 6.37. The van der Waals surface area contributed by atoms with Crippen LogP contribution >= 0.6 is 11.6 Å². The Morgan fingerprint density at radius 3 is 2.61 bits per heavy atom. The molecule has 2 aromatic rings. The Labute approximate surface area is 112 Å². The van der Waals surface area contributed by atoms with Crippen LogP contribution < -0.4 is 5.73 Å². The van der Waals surface area contributed by atoms with Crippen molar-refractivity contribution < 1.29 is 0 Å². The van der Waals surface area contributed by atoms with E-state index in [0.717, 1.165) is 28.4 Å². The summed E-state index contributed by atoms with van der Waals surface area (Å²) < 4.78 is 1.82. The Morgan fingerprint density at radius 1 is 1.39 bits per heavy atom. The van der Waals surface area contributed by atoms with Crippen molar-refractivity contribution in [1.82, 2.24) is 14.8 Å². The Kier molecular flexibility index (Phi) is 3.99. The van der Waals surface area contributed by atoms with Gasteiger partial charge < -0.3 is 5.73 Å². The molecule has 0 aliphatic heterocycles. The molecule has 0 aliphatic rings. The molecule has 0 bridgehead atoms. The van der Waals surface area contributed by atoms with Gasteiger partial charge in [-0.15, -0.1) is 0 Å². The van der Waals surface area contributed by atoms with Crippen LogP contribution in [0.2, 0.25) is 5.02 Å². The largest absolute Gasteiger partial charge is 0.324 e. The lowest BCUT2D eigenvalue weighted by Crippen LogP contribution is -2.15. The second-order valence-corrected chi connectivity index (χ2v) is 4.65. The van der Waals surface area contributed by atoms with Crippen LogP contribution in [0.5, 0.6) is 0 Å². The first-order valence-electron chi connectivity index (χ1n) is 5.99. The van der Waals surface area contributed by atoms with Crippen molar-refractivity contribution in [2.24, 2.45) is 12.8 Å². The Balaban J connectivity index is 2.22. The van der Waals surface area contributed by atoms with Crippen LogP contribution in [0.1, 0.15) is 29.9 Å². The Hall–Kier alpha value is -1.39. The molecule has 2 aromatic heterocycles. The first kappa shape index (κ1) is 13.1. The highest BCUT2D eigenvalue weighted by Crippen LogP contribution is 2.25. The molecule has 96 valence electrons. The molecule has 0 spiro atoms. The molecule has 1 unspecified atom stereocenters. The van der Waals surface area contributed by atoms with E-state index in [1.165, 1.54) is 0 Å². The third kappa shape index (κ3) is 2.54. The number of rotatable bonds is 4. The van der Waals surface area contributed by atoms with Gasteiger partial charge in [-0.25, -0.2) is 0 Å². The van der Waals surface area contributed by atoms with E-state index in [1.54, 1.807) is 12.4 Å². The SMILES string of the molecule is CCc1nn(C)c(CC(N)c2ccncc2)c1Cl. The van der Waals surface area contributed by atoms with Gasteiger partial charge in [0.1, 0.15) is 0 Å². The molecule has 0 amide bonds. The minimum atomic E-state index is -0.0920. The van der Waals surface area contributed by atoms with Gasteiger partial charge in [0.2, 0.25) is 0 Å². The fourth-order valence-corrected chi connectivity index (χ4v) is 2.35. The average Bonchev–Trinajstić information content (AvgIpc) is 2.67. The molecule has 4 nitrogen and oxygen atoms in total. The van der Waals surface area contributed by atoms with E-state index in [-0.39, 0.29) is 6.04 Å². The van der Waals surface area contributed by atoms with Crippen LogP contribution in [0, 0.1) is 0 Å². The minimum absolute atomic E-state index is 0.0920. The number of hydrogen-bond acceptors (Lipinski definition) is 3. The van der Waals surface area contributed by atoms with Gasteiger partial charge in [0, 0.05) is 31.9 Å². The molecular weight excluding hydrogens is 248 g/mol. The van der Waals surface area contributed by atoms with Gasteiger partial charge in [0.15, 0.2) is 0 Å². The van der Waals surface area contributed by atoms with Crippen LogP contribution in [0.3, 0.4) is 0 Å². The summed E-state index contributed by atoms with van der Waals surface area (Å²) >= 11 is 6.31. The second-order valence-electron chi connectivity index (χ2n) is 4.28. The molecular formula is C13H17ClN4. The number of aryl methyl sites for hydroxylation is 2. The number of pyridine rings is 1. The fraction of sp³-hybridized carbons (Fsp3) is 0.385. The van der Waals surface area contributed by atoms with Gasteiger partial charge in [-0.1, -0.05) is 18.5 Å². The summed E-state index contributed by atoms with van der Waals surface area (Å²) in [6, 6.07) is 3.76. The molecule has 0 aromatic carbocycles. The van der Waals surface area contributed by atoms with Crippen molar-refractivity contribution in [2.75, 3.05) is 0 Å². The molecule has 0 aliphatic carbocycles. The summed E-state index contributed by atoms with van der Waals surface area (Å²) in [4.78, 5) is 3.99. The third-order valence-corrected chi connectivity index (χ3v) is 3.49. The highest BCUT2D eigenvalue weighted by molar-refractivity contribution is 6.31. The van der Waals surface area contributed by atoms with Gasteiger partial charge in [-0.3, -0.25) is 9.67 Å². The summed E-state index contributed by atoms with van der Waals surface area (Å²) in [6.45, 7) is 2.04. The summed E-state index contributed by atoms with van der Waals surface area (Å²) in [5, 5.41) is 5.13. The Bertz CT molecular complexity index is 521. The van der Waals surface area contributed by atoms with Crippen molar-refractivity contribution in [2.45, 2.75) is 25.8 Å². The topological polar surface area (TPSA) is 56.7 Å². The Morgan fingerprint density at radius 2 is 2.06 bits per heavy atom. The average molecular weight is 265 g/mol. The lowest BCUT2D eigenvalue weighted by atomic mass is 10.0. The molecule has 0 saturated heterocycles. The van der Waals surface area contributed by atoms with Crippen LogP contribution in [0.4, 0.5) is 0 Å². The fourth-order valence-electron chi connectivity index (χ4n) is 1.98. The van der Waals surface area contributed by atoms with Crippen LogP contribution in [0.15, 0.2) is 24.5 Å². The lowest BCUT2D eigenvalue weighted by molar-refractivity contribution is 0.638.